The molecule has 0 bridgehead atoms. The van der Waals surface area contributed by atoms with Gasteiger partial charge in [-0.25, -0.2) is 0 Å². The van der Waals surface area contributed by atoms with Gasteiger partial charge in [-0.1, -0.05) is 34.1 Å². The third-order valence-electron chi connectivity index (χ3n) is 4.41. The second-order valence-corrected chi connectivity index (χ2v) is 6.94. The Balaban J connectivity index is 0.00000225. The van der Waals surface area contributed by atoms with Gasteiger partial charge in [-0.3, -0.25) is 9.59 Å². The van der Waals surface area contributed by atoms with Crippen LogP contribution in [-0.4, -0.2) is 36.2 Å². The van der Waals surface area contributed by atoms with Crippen molar-refractivity contribution in [3.63, 3.8) is 0 Å². The summed E-state index contributed by atoms with van der Waals surface area (Å²) in [6.45, 7) is 1.95. The molecule has 1 unspecified atom stereocenters. The molecule has 1 saturated heterocycles. The quantitative estimate of drug-likeness (QED) is 0.765. The molecule has 1 aliphatic heterocycles. The topological polar surface area (TPSA) is 63.4 Å². The van der Waals surface area contributed by atoms with Crippen molar-refractivity contribution in [2.24, 2.45) is 11.7 Å². The summed E-state index contributed by atoms with van der Waals surface area (Å²) in [5, 5.41) is 0. The fraction of sp³-hybridized carbons (Fsp3) is 0.263. The third-order valence-corrected chi connectivity index (χ3v) is 4.94. The normalized spacial score (nSPS) is 16.4. The highest BCUT2D eigenvalue weighted by Gasteiger charge is 2.28. The number of rotatable bonds is 4. The van der Waals surface area contributed by atoms with Gasteiger partial charge >= 0.3 is 0 Å². The number of hydrogen-bond acceptors (Lipinski definition) is 3. The second-order valence-electron chi connectivity index (χ2n) is 6.02. The van der Waals surface area contributed by atoms with E-state index in [1.54, 1.807) is 41.3 Å². The predicted molar refractivity (Wildman–Crippen MR) is 104 cm³/mol. The summed E-state index contributed by atoms with van der Waals surface area (Å²) in [4.78, 5) is 27.5. The maximum absolute atomic E-state index is 12.8. The molecule has 3 rings (SSSR count). The average Bonchev–Trinajstić information content (AvgIpc) is 3.10. The Kier molecular flexibility index (Phi) is 6.76. The van der Waals surface area contributed by atoms with Crippen molar-refractivity contribution in [1.29, 1.82) is 0 Å². The van der Waals surface area contributed by atoms with Crippen LogP contribution in [0.15, 0.2) is 53.0 Å². The van der Waals surface area contributed by atoms with E-state index >= 15 is 0 Å². The van der Waals surface area contributed by atoms with Crippen LogP contribution in [0, 0.1) is 5.92 Å². The molecule has 2 aromatic carbocycles. The van der Waals surface area contributed by atoms with Gasteiger partial charge in [0.1, 0.15) is 0 Å². The van der Waals surface area contributed by atoms with Crippen LogP contribution in [0.25, 0.3) is 0 Å². The first kappa shape index (κ1) is 19.6. The lowest BCUT2D eigenvalue weighted by molar-refractivity contribution is 0.0783. The zero-order valence-corrected chi connectivity index (χ0v) is 16.1. The Morgan fingerprint density at radius 1 is 1.08 bits per heavy atom. The lowest BCUT2D eigenvalue weighted by Crippen LogP contribution is -2.31. The lowest BCUT2D eigenvalue weighted by atomic mass is 9.97. The number of halogens is 2. The SMILES string of the molecule is Cl.NCC1CCN(C(=O)c2ccccc2C(=O)c2ccc(Br)cc2)C1. The number of amides is 1. The number of carbonyl (C=O) groups is 2. The van der Waals surface area contributed by atoms with Crippen molar-refractivity contribution in [3.05, 3.63) is 69.7 Å². The summed E-state index contributed by atoms with van der Waals surface area (Å²) in [6.07, 6.45) is 0.922. The van der Waals surface area contributed by atoms with E-state index in [0.29, 0.717) is 42.2 Å². The first-order valence-corrected chi connectivity index (χ1v) is 8.78. The summed E-state index contributed by atoms with van der Waals surface area (Å²) in [5.74, 6) is 0.122. The standard InChI is InChI=1S/C19H19BrN2O2.ClH/c20-15-7-5-14(6-8-15)18(23)16-3-1-2-4-17(16)19(24)22-10-9-13(11-21)12-22;/h1-8,13H,9-12,21H2;1H. The van der Waals surface area contributed by atoms with Gasteiger partial charge in [-0.05, 0) is 49.2 Å². The van der Waals surface area contributed by atoms with Gasteiger partial charge < -0.3 is 10.6 Å². The van der Waals surface area contributed by atoms with Gasteiger partial charge in [0.05, 0.1) is 5.56 Å². The molecule has 1 fully saturated rings. The molecule has 0 spiro atoms. The Labute approximate surface area is 161 Å². The van der Waals surface area contributed by atoms with Gasteiger partial charge in [0, 0.05) is 28.7 Å². The van der Waals surface area contributed by atoms with E-state index in [2.05, 4.69) is 15.9 Å². The van der Waals surface area contributed by atoms with E-state index in [1.165, 1.54) is 0 Å². The van der Waals surface area contributed by atoms with Crippen LogP contribution in [0.5, 0.6) is 0 Å². The number of likely N-dealkylation sites (tertiary alicyclic amines) is 1. The van der Waals surface area contributed by atoms with E-state index in [1.807, 2.05) is 12.1 Å². The van der Waals surface area contributed by atoms with Crippen molar-refractivity contribution in [2.75, 3.05) is 19.6 Å². The fourth-order valence-electron chi connectivity index (χ4n) is 3.00. The molecule has 25 heavy (non-hydrogen) atoms. The number of hydrogen-bond donors (Lipinski definition) is 1. The van der Waals surface area contributed by atoms with E-state index in [-0.39, 0.29) is 24.1 Å². The van der Waals surface area contributed by atoms with Crippen molar-refractivity contribution in [2.45, 2.75) is 6.42 Å². The maximum atomic E-state index is 12.8. The van der Waals surface area contributed by atoms with Crippen molar-refractivity contribution in [1.82, 2.24) is 4.90 Å². The minimum absolute atomic E-state index is 0. The Morgan fingerprint density at radius 3 is 2.32 bits per heavy atom. The number of benzene rings is 2. The summed E-state index contributed by atoms with van der Waals surface area (Å²) in [5.41, 5.74) is 7.18. The van der Waals surface area contributed by atoms with E-state index in [9.17, 15) is 9.59 Å². The number of nitrogens with zero attached hydrogens (tertiary/aromatic N) is 1. The molecular formula is C19H20BrClN2O2. The molecule has 2 N–H and O–H groups in total. The smallest absolute Gasteiger partial charge is 0.254 e. The Morgan fingerprint density at radius 2 is 1.72 bits per heavy atom. The molecule has 1 amide bonds. The highest BCUT2D eigenvalue weighted by atomic mass is 79.9. The number of carbonyl (C=O) groups excluding carboxylic acids is 2. The average molecular weight is 424 g/mol. The first-order valence-electron chi connectivity index (χ1n) is 7.99. The van der Waals surface area contributed by atoms with E-state index < -0.39 is 0 Å². The van der Waals surface area contributed by atoms with Gasteiger partial charge in [-0.15, -0.1) is 12.4 Å². The monoisotopic (exact) mass is 422 g/mol. The van der Waals surface area contributed by atoms with Gasteiger partial charge in [-0.2, -0.15) is 0 Å². The second kappa shape index (κ2) is 8.61. The van der Waals surface area contributed by atoms with Crippen LogP contribution >= 0.6 is 28.3 Å². The molecule has 0 aliphatic carbocycles. The third kappa shape index (κ3) is 4.29. The van der Waals surface area contributed by atoms with Crippen molar-refractivity contribution < 1.29 is 9.59 Å². The van der Waals surface area contributed by atoms with Crippen LogP contribution in [0.3, 0.4) is 0 Å². The molecule has 4 nitrogen and oxygen atoms in total. The van der Waals surface area contributed by atoms with Crippen LogP contribution in [0.1, 0.15) is 32.7 Å². The summed E-state index contributed by atoms with van der Waals surface area (Å²) >= 11 is 3.36. The van der Waals surface area contributed by atoms with E-state index in [4.69, 9.17) is 5.73 Å². The molecule has 0 radical (unpaired) electrons. The number of ketones is 1. The van der Waals surface area contributed by atoms with Crippen LogP contribution < -0.4 is 5.73 Å². The molecular weight excluding hydrogens is 404 g/mol. The van der Waals surface area contributed by atoms with Gasteiger partial charge in [0.25, 0.3) is 5.91 Å². The summed E-state index contributed by atoms with van der Waals surface area (Å²) in [6, 6.07) is 14.2. The lowest BCUT2D eigenvalue weighted by Gasteiger charge is -2.18. The highest BCUT2D eigenvalue weighted by molar-refractivity contribution is 9.10. The number of nitrogens with two attached hydrogens (primary N) is 1. The molecule has 1 heterocycles. The molecule has 1 atom stereocenters. The largest absolute Gasteiger partial charge is 0.338 e. The Hall–Kier alpha value is -1.69. The predicted octanol–water partition coefficient (Wildman–Crippen LogP) is 3.52. The van der Waals surface area contributed by atoms with Crippen molar-refractivity contribution in [3.8, 4) is 0 Å². The van der Waals surface area contributed by atoms with Gasteiger partial charge in [0.15, 0.2) is 5.78 Å². The summed E-state index contributed by atoms with van der Waals surface area (Å²) < 4.78 is 0.910. The minimum Gasteiger partial charge on any atom is -0.338 e. The summed E-state index contributed by atoms with van der Waals surface area (Å²) in [7, 11) is 0. The fourth-order valence-corrected chi connectivity index (χ4v) is 3.27. The molecule has 0 aromatic heterocycles. The maximum Gasteiger partial charge on any atom is 0.254 e. The van der Waals surface area contributed by atoms with Crippen molar-refractivity contribution >= 4 is 40.0 Å². The first-order chi connectivity index (χ1) is 11.6. The molecule has 132 valence electrons. The molecule has 0 saturated carbocycles. The minimum atomic E-state index is -0.138. The van der Waals surface area contributed by atoms with Crippen LogP contribution in [0.4, 0.5) is 0 Å². The Bertz CT molecular complexity index is 764. The zero-order valence-electron chi connectivity index (χ0n) is 13.7. The van der Waals surface area contributed by atoms with Crippen LogP contribution in [0.2, 0.25) is 0 Å². The van der Waals surface area contributed by atoms with Crippen LogP contribution in [-0.2, 0) is 0 Å². The van der Waals surface area contributed by atoms with E-state index in [0.717, 1.165) is 10.9 Å². The highest BCUT2D eigenvalue weighted by Crippen LogP contribution is 2.22. The zero-order chi connectivity index (χ0) is 17.1. The van der Waals surface area contributed by atoms with Gasteiger partial charge in [0.2, 0.25) is 0 Å². The molecule has 1 aliphatic rings. The molecule has 6 heteroatoms. The molecule has 2 aromatic rings.